The van der Waals surface area contributed by atoms with Crippen molar-refractivity contribution in [3.05, 3.63) is 60.2 Å². The lowest BCUT2D eigenvalue weighted by molar-refractivity contribution is -0.134. The molecule has 0 bridgehead atoms. The van der Waals surface area contributed by atoms with E-state index in [9.17, 15) is 19.5 Å². The molecule has 14 heteroatoms. The highest BCUT2D eigenvalue weighted by atomic mass is 16.7. The second-order valence-corrected chi connectivity index (χ2v) is 11.7. The van der Waals surface area contributed by atoms with Crippen LogP contribution < -0.4 is 39.6 Å². The zero-order chi connectivity index (χ0) is 33.1. The molecule has 0 unspecified atom stereocenters. The number of likely N-dealkylation sites (N-methyl/N-ethyl adjacent to an activating group) is 1. The summed E-state index contributed by atoms with van der Waals surface area (Å²) in [6, 6.07) is 14.0. The van der Waals surface area contributed by atoms with Crippen LogP contribution in [0.25, 0.3) is 0 Å². The van der Waals surface area contributed by atoms with Gasteiger partial charge in [0.05, 0.1) is 25.6 Å². The molecule has 0 aromatic heterocycles. The molecule has 14 nitrogen and oxygen atoms in total. The number of ether oxygens (including phenoxy) is 5. The van der Waals surface area contributed by atoms with Gasteiger partial charge in [-0.25, -0.2) is 9.59 Å². The van der Waals surface area contributed by atoms with Crippen LogP contribution in [0.4, 0.5) is 26.7 Å². The Morgan fingerprint density at radius 3 is 2.04 bits per heavy atom. The second kappa shape index (κ2) is 13.5. The summed E-state index contributed by atoms with van der Waals surface area (Å²) in [5, 5.41) is 18.4. The maximum atomic E-state index is 13.6. The number of fused-ring (bicyclic) bond motifs is 3. The first-order valence-corrected chi connectivity index (χ1v) is 15.3. The number of nitrogens with zero attached hydrogens (tertiary/aromatic N) is 2. The number of rotatable bonds is 7. The van der Waals surface area contributed by atoms with Crippen molar-refractivity contribution in [3.8, 4) is 28.7 Å². The topological polar surface area (TPSA) is 160 Å². The molecule has 0 radical (unpaired) electrons. The van der Waals surface area contributed by atoms with E-state index in [4.69, 9.17) is 23.7 Å². The third-order valence-electron chi connectivity index (χ3n) is 8.23. The van der Waals surface area contributed by atoms with Gasteiger partial charge < -0.3 is 54.5 Å². The van der Waals surface area contributed by atoms with E-state index in [1.165, 1.54) is 4.90 Å². The fraction of sp³-hybridized carbons (Fsp3) is 0.364. The summed E-state index contributed by atoms with van der Waals surface area (Å²) in [7, 11) is 1.66. The number of hydrogen-bond donors (Lipinski definition) is 4. The summed E-state index contributed by atoms with van der Waals surface area (Å²) in [6.07, 6.45) is -0.535. The Labute approximate surface area is 271 Å². The summed E-state index contributed by atoms with van der Waals surface area (Å²) in [6.45, 7) is 4.27. The highest BCUT2D eigenvalue weighted by Gasteiger charge is 2.32. The van der Waals surface area contributed by atoms with Gasteiger partial charge in [0.1, 0.15) is 11.9 Å². The molecule has 0 saturated heterocycles. The van der Waals surface area contributed by atoms with Crippen LogP contribution in [-0.4, -0.2) is 85.4 Å². The van der Waals surface area contributed by atoms with E-state index < -0.39 is 18.2 Å². The Kier molecular flexibility index (Phi) is 9.11. The maximum absolute atomic E-state index is 13.6. The Balaban J connectivity index is 1.18. The molecular weight excluding hydrogens is 610 g/mol. The van der Waals surface area contributed by atoms with Crippen LogP contribution in [0.15, 0.2) is 54.6 Å². The van der Waals surface area contributed by atoms with Gasteiger partial charge >= 0.3 is 12.1 Å². The quantitative estimate of drug-likeness (QED) is 0.296. The highest BCUT2D eigenvalue weighted by Crippen LogP contribution is 2.36. The molecular formula is C33H37N5O9. The van der Waals surface area contributed by atoms with Crippen LogP contribution in [0.1, 0.15) is 19.4 Å². The van der Waals surface area contributed by atoms with Crippen LogP contribution in [0.2, 0.25) is 0 Å². The molecule has 3 aliphatic rings. The van der Waals surface area contributed by atoms with Gasteiger partial charge in [-0.1, -0.05) is 6.92 Å². The molecule has 3 aliphatic heterocycles. The largest absolute Gasteiger partial charge is 0.488 e. The number of carbonyl (C=O) groups excluding carboxylic acids is 3. The SMILES string of the molecule is C[C@@H]1CN([C@@H](C)CO)C(=O)Cc2cc(NC(=O)Nc3ccc4c(c3)OCO4)ccc2O[C@@H]1CN(C)C(=O)Nc1ccc2c(c1)OCO2. The molecule has 0 saturated carbocycles. The Hall–Kier alpha value is -5.37. The van der Waals surface area contributed by atoms with Crippen molar-refractivity contribution in [3.63, 3.8) is 0 Å². The van der Waals surface area contributed by atoms with Crippen molar-refractivity contribution < 1.29 is 43.2 Å². The first kappa shape index (κ1) is 31.6. The van der Waals surface area contributed by atoms with Crippen molar-refractivity contribution in [1.82, 2.24) is 9.80 Å². The molecule has 3 heterocycles. The van der Waals surface area contributed by atoms with Crippen molar-refractivity contribution in [2.24, 2.45) is 5.92 Å². The van der Waals surface area contributed by atoms with Crippen LogP contribution in [0.3, 0.4) is 0 Å². The molecule has 248 valence electrons. The average molecular weight is 648 g/mol. The first-order valence-electron chi connectivity index (χ1n) is 15.3. The van der Waals surface area contributed by atoms with Gasteiger partial charge in [-0.3, -0.25) is 4.79 Å². The average Bonchev–Trinajstić information content (AvgIpc) is 3.73. The summed E-state index contributed by atoms with van der Waals surface area (Å²) < 4.78 is 28.0. The van der Waals surface area contributed by atoms with E-state index >= 15 is 0 Å². The number of benzene rings is 3. The van der Waals surface area contributed by atoms with Gasteiger partial charge in [0, 0.05) is 54.3 Å². The Bertz CT molecular complexity index is 1670. The lowest BCUT2D eigenvalue weighted by atomic mass is 10.0. The van der Waals surface area contributed by atoms with Gasteiger partial charge in [-0.05, 0) is 49.4 Å². The zero-order valence-corrected chi connectivity index (χ0v) is 26.3. The van der Waals surface area contributed by atoms with Crippen LogP contribution in [-0.2, 0) is 11.2 Å². The predicted octanol–water partition coefficient (Wildman–Crippen LogP) is 4.10. The van der Waals surface area contributed by atoms with E-state index in [1.807, 2.05) is 6.92 Å². The molecule has 3 aromatic carbocycles. The number of amides is 5. The van der Waals surface area contributed by atoms with E-state index in [1.54, 1.807) is 73.5 Å². The highest BCUT2D eigenvalue weighted by molar-refractivity contribution is 6.00. The number of hydrogen-bond acceptors (Lipinski definition) is 9. The smallest absolute Gasteiger partial charge is 0.323 e. The molecule has 5 amide bonds. The van der Waals surface area contributed by atoms with Gasteiger partial charge in [-0.2, -0.15) is 0 Å². The van der Waals surface area contributed by atoms with Gasteiger partial charge in [0.25, 0.3) is 0 Å². The summed E-state index contributed by atoms with van der Waals surface area (Å²) in [4.78, 5) is 42.8. The minimum absolute atomic E-state index is 0.0150. The van der Waals surface area contributed by atoms with Crippen LogP contribution >= 0.6 is 0 Å². The normalized spacial score (nSPS) is 18.6. The lowest BCUT2D eigenvalue weighted by Gasteiger charge is -2.34. The summed E-state index contributed by atoms with van der Waals surface area (Å²) >= 11 is 0. The molecule has 47 heavy (non-hydrogen) atoms. The summed E-state index contributed by atoms with van der Waals surface area (Å²) in [5.41, 5.74) is 2.07. The van der Waals surface area contributed by atoms with Crippen molar-refractivity contribution in [2.45, 2.75) is 32.4 Å². The van der Waals surface area contributed by atoms with E-state index in [0.717, 1.165) is 0 Å². The van der Waals surface area contributed by atoms with Crippen LogP contribution in [0, 0.1) is 5.92 Å². The fourth-order valence-electron chi connectivity index (χ4n) is 5.54. The second-order valence-electron chi connectivity index (χ2n) is 11.7. The Morgan fingerprint density at radius 1 is 0.872 bits per heavy atom. The lowest BCUT2D eigenvalue weighted by Crippen LogP contribution is -2.48. The van der Waals surface area contributed by atoms with Crippen LogP contribution in [0.5, 0.6) is 28.7 Å². The number of nitrogens with one attached hydrogen (secondary N) is 3. The molecule has 3 aromatic rings. The van der Waals surface area contributed by atoms with Gasteiger partial charge in [0.2, 0.25) is 19.5 Å². The monoisotopic (exact) mass is 647 g/mol. The molecule has 0 fully saturated rings. The van der Waals surface area contributed by atoms with Crippen molar-refractivity contribution in [2.75, 3.05) is 56.3 Å². The van der Waals surface area contributed by atoms with E-state index in [-0.39, 0.29) is 51.0 Å². The van der Waals surface area contributed by atoms with Gasteiger partial charge in [0.15, 0.2) is 23.0 Å². The predicted molar refractivity (Wildman–Crippen MR) is 171 cm³/mol. The fourth-order valence-corrected chi connectivity index (χ4v) is 5.54. The minimum Gasteiger partial charge on any atom is -0.488 e. The third kappa shape index (κ3) is 7.22. The Morgan fingerprint density at radius 2 is 1.43 bits per heavy atom. The molecule has 3 atom stereocenters. The molecule has 0 spiro atoms. The number of aliphatic hydroxyl groups is 1. The minimum atomic E-state index is -0.520. The van der Waals surface area contributed by atoms with Crippen molar-refractivity contribution >= 4 is 35.0 Å². The third-order valence-corrected chi connectivity index (χ3v) is 8.23. The maximum Gasteiger partial charge on any atom is 0.323 e. The standard InChI is InChI=1S/C33H37N5O9/c1-19-14-38(20(2)16-39)31(40)11-21-10-22(34-32(41)35-23-5-8-26-28(12-23)45-17-43-26)4-7-25(21)47-30(19)15-37(3)33(42)36-24-6-9-27-29(13-24)46-18-44-27/h4-10,12-13,19-20,30,39H,11,14-18H2,1-3H3,(H,36,42)(H2,34,35,41)/t19-,20+,30-/m1/s1. The number of urea groups is 2. The number of carbonyl (C=O) groups is 3. The number of anilines is 3. The van der Waals surface area contributed by atoms with Gasteiger partial charge in [-0.15, -0.1) is 0 Å². The molecule has 0 aliphatic carbocycles. The molecule has 6 rings (SSSR count). The molecule has 4 N–H and O–H groups in total. The van der Waals surface area contributed by atoms with Crippen molar-refractivity contribution in [1.29, 1.82) is 0 Å². The van der Waals surface area contributed by atoms with E-state index in [2.05, 4.69) is 16.0 Å². The number of aliphatic hydroxyl groups excluding tert-OH is 1. The zero-order valence-electron chi connectivity index (χ0n) is 26.3. The first-order chi connectivity index (χ1) is 22.7. The van der Waals surface area contributed by atoms with E-state index in [0.29, 0.717) is 57.9 Å². The summed E-state index contributed by atoms with van der Waals surface area (Å²) in [5.74, 6) is 2.36.